The maximum atomic E-state index is 13.4. The van der Waals surface area contributed by atoms with Crippen molar-refractivity contribution < 1.29 is 14.3 Å². The first-order valence-electron chi connectivity index (χ1n) is 10.5. The molecule has 0 aliphatic carbocycles. The Morgan fingerprint density at radius 3 is 2.53 bits per heavy atom. The molecule has 2 aliphatic heterocycles. The van der Waals surface area contributed by atoms with Crippen molar-refractivity contribution in [2.24, 2.45) is 5.92 Å². The smallest absolute Gasteiger partial charge is 0.257 e. The molecule has 2 aromatic heterocycles. The third kappa shape index (κ3) is 4.05. The van der Waals surface area contributed by atoms with Gasteiger partial charge in [-0.25, -0.2) is 0 Å². The fourth-order valence-electron chi connectivity index (χ4n) is 4.22. The van der Waals surface area contributed by atoms with Crippen molar-refractivity contribution in [3.8, 4) is 10.6 Å². The second-order valence-corrected chi connectivity index (χ2v) is 8.74. The summed E-state index contributed by atoms with van der Waals surface area (Å²) in [6, 6.07) is 14.2. The SMILES string of the molecule is O=C(c1cn(Cc2ccccc2)nc1-c1cccs1)N1CCC(C2OCCO2)CC1. The van der Waals surface area contributed by atoms with Crippen LogP contribution in [0.15, 0.2) is 54.0 Å². The molecule has 6 nitrogen and oxygen atoms in total. The van der Waals surface area contributed by atoms with Gasteiger partial charge in [-0.3, -0.25) is 9.48 Å². The molecule has 3 aromatic rings. The van der Waals surface area contributed by atoms with Gasteiger partial charge in [-0.2, -0.15) is 5.10 Å². The highest BCUT2D eigenvalue weighted by Gasteiger charge is 2.33. The van der Waals surface area contributed by atoms with Gasteiger partial charge in [-0.15, -0.1) is 11.3 Å². The number of amides is 1. The summed E-state index contributed by atoms with van der Waals surface area (Å²) >= 11 is 1.61. The van der Waals surface area contributed by atoms with E-state index in [9.17, 15) is 4.79 Å². The Labute approximate surface area is 180 Å². The number of ether oxygens (including phenoxy) is 2. The largest absolute Gasteiger partial charge is 0.350 e. The summed E-state index contributed by atoms with van der Waals surface area (Å²) in [4.78, 5) is 16.4. The van der Waals surface area contributed by atoms with E-state index in [2.05, 4.69) is 12.1 Å². The first-order valence-corrected chi connectivity index (χ1v) is 11.3. The zero-order valence-electron chi connectivity index (χ0n) is 16.8. The van der Waals surface area contributed by atoms with E-state index in [4.69, 9.17) is 14.6 Å². The highest BCUT2D eigenvalue weighted by molar-refractivity contribution is 7.13. The number of carbonyl (C=O) groups excluding carboxylic acids is 1. The maximum absolute atomic E-state index is 13.4. The van der Waals surface area contributed by atoms with E-state index >= 15 is 0 Å². The molecule has 1 aromatic carbocycles. The molecular formula is C23H25N3O3S. The highest BCUT2D eigenvalue weighted by atomic mass is 32.1. The van der Waals surface area contributed by atoms with Crippen LogP contribution in [0.2, 0.25) is 0 Å². The van der Waals surface area contributed by atoms with Crippen LogP contribution in [0.4, 0.5) is 0 Å². The van der Waals surface area contributed by atoms with E-state index in [1.54, 1.807) is 11.3 Å². The van der Waals surface area contributed by atoms with E-state index < -0.39 is 0 Å². The number of benzene rings is 1. The molecule has 2 fully saturated rings. The van der Waals surface area contributed by atoms with E-state index in [-0.39, 0.29) is 12.2 Å². The number of hydrogen-bond acceptors (Lipinski definition) is 5. The van der Waals surface area contributed by atoms with Crippen molar-refractivity contribution in [2.75, 3.05) is 26.3 Å². The van der Waals surface area contributed by atoms with Gasteiger partial charge in [0.05, 0.1) is 30.2 Å². The zero-order valence-corrected chi connectivity index (χ0v) is 17.6. The van der Waals surface area contributed by atoms with E-state index in [0.29, 0.717) is 31.2 Å². The van der Waals surface area contributed by atoms with E-state index in [1.165, 1.54) is 0 Å². The van der Waals surface area contributed by atoms with Crippen molar-refractivity contribution in [1.29, 1.82) is 0 Å². The van der Waals surface area contributed by atoms with Crippen LogP contribution in [0, 0.1) is 5.92 Å². The molecule has 0 saturated carbocycles. The highest BCUT2D eigenvalue weighted by Crippen LogP contribution is 2.30. The number of thiophene rings is 1. The van der Waals surface area contributed by atoms with Crippen molar-refractivity contribution in [1.82, 2.24) is 14.7 Å². The third-order valence-corrected chi connectivity index (χ3v) is 6.67. The molecule has 156 valence electrons. The second-order valence-electron chi connectivity index (χ2n) is 7.79. The Hall–Kier alpha value is -2.48. The average molecular weight is 424 g/mol. The molecule has 1 amide bonds. The van der Waals surface area contributed by atoms with Crippen LogP contribution < -0.4 is 0 Å². The Morgan fingerprint density at radius 1 is 1.07 bits per heavy atom. The van der Waals surface area contributed by atoms with Gasteiger partial charge in [0.25, 0.3) is 5.91 Å². The Morgan fingerprint density at radius 2 is 1.83 bits per heavy atom. The molecule has 0 unspecified atom stereocenters. The topological polar surface area (TPSA) is 56.6 Å². The number of rotatable bonds is 5. The predicted molar refractivity (Wildman–Crippen MR) is 115 cm³/mol. The minimum Gasteiger partial charge on any atom is -0.350 e. The van der Waals surface area contributed by atoms with Crippen molar-refractivity contribution in [2.45, 2.75) is 25.7 Å². The number of aromatic nitrogens is 2. The van der Waals surface area contributed by atoms with Gasteiger partial charge in [0.1, 0.15) is 5.69 Å². The fourth-order valence-corrected chi connectivity index (χ4v) is 4.94. The van der Waals surface area contributed by atoms with Crippen LogP contribution in [0.5, 0.6) is 0 Å². The van der Waals surface area contributed by atoms with Crippen LogP contribution in [0.3, 0.4) is 0 Å². The summed E-state index contributed by atoms with van der Waals surface area (Å²) in [6.07, 6.45) is 3.61. The van der Waals surface area contributed by atoms with Gasteiger partial charge in [0.2, 0.25) is 0 Å². The molecule has 2 saturated heterocycles. The van der Waals surface area contributed by atoms with Crippen LogP contribution in [0.25, 0.3) is 10.6 Å². The monoisotopic (exact) mass is 423 g/mol. The Kier molecular flexibility index (Phi) is 5.66. The fraction of sp³-hybridized carbons (Fsp3) is 0.391. The molecule has 5 rings (SSSR count). The molecule has 0 radical (unpaired) electrons. The molecule has 0 spiro atoms. The lowest BCUT2D eigenvalue weighted by Crippen LogP contribution is -2.41. The number of piperidine rings is 1. The van der Waals surface area contributed by atoms with Crippen molar-refractivity contribution in [3.05, 3.63) is 65.2 Å². The van der Waals surface area contributed by atoms with Crippen LogP contribution in [-0.2, 0) is 16.0 Å². The number of hydrogen-bond donors (Lipinski definition) is 0. The molecule has 7 heteroatoms. The molecule has 0 atom stereocenters. The normalized spacial score (nSPS) is 18.2. The number of carbonyl (C=O) groups is 1. The van der Waals surface area contributed by atoms with E-state index in [1.807, 2.05) is 51.5 Å². The molecule has 2 aliphatic rings. The van der Waals surface area contributed by atoms with E-state index in [0.717, 1.165) is 42.1 Å². The number of likely N-dealkylation sites (tertiary alicyclic amines) is 1. The summed E-state index contributed by atoms with van der Waals surface area (Å²) in [5.74, 6) is 0.429. The van der Waals surface area contributed by atoms with Crippen molar-refractivity contribution in [3.63, 3.8) is 0 Å². The summed E-state index contributed by atoms with van der Waals surface area (Å²) < 4.78 is 13.2. The minimum atomic E-state index is -0.0995. The van der Waals surface area contributed by atoms with Gasteiger partial charge in [0.15, 0.2) is 6.29 Å². The van der Waals surface area contributed by atoms with Gasteiger partial charge < -0.3 is 14.4 Å². The third-order valence-electron chi connectivity index (χ3n) is 5.79. The van der Waals surface area contributed by atoms with Crippen molar-refractivity contribution >= 4 is 17.2 Å². The minimum absolute atomic E-state index is 0.0596. The summed E-state index contributed by atoms with van der Waals surface area (Å²) in [5, 5.41) is 6.80. The molecule has 0 N–H and O–H groups in total. The van der Waals surface area contributed by atoms with Gasteiger partial charge in [0, 0.05) is 25.2 Å². The maximum Gasteiger partial charge on any atom is 0.257 e. The lowest BCUT2D eigenvalue weighted by Gasteiger charge is -2.33. The zero-order chi connectivity index (χ0) is 20.3. The predicted octanol–water partition coefficient (Wildman–Crippen LogP) is 3.89. The quantitative estimate of drug-likeness (QED) is 0.625. The lowest BCUT2D eigenvalue weighted by molar-refractivity contribution is -0.0956. The number of nitrogens with zero attached hydrogens (tertiary/aromatic N) is 3. The lowest BCUT2D eigenvalue weighted by atomic mass is 9.95. The summed E-state index contributed by atoms with van der Waals surface area (Å²) in [6.45, 7) is 3.44. The van der Waals surface area contributed by atoms with Crippen LogP contribution in [0.1, 0.15) is 28.8 Å². The van der Waals surface area contributed by atoms with Gasteiger partial charge in [-0.1, -0.05) is 36.4 Å². The molecular weight excluding hydrogens is 398 g/mol. The first kappa shape index (κ1) is 19.5. The second kappa shape index (κ2) is 8.71. The molecule has 0 bridgehead atoms. The standard InChI is InChI=1S/C23H25N3O3S/c27-22(25-10-8-18(9-11-25)23-28-12-13-29-23)19-16-26(15-17-5-2-1-3-6-17)24-21(19)20-7-4-14-30-20/h1-7,14,16,18,23H,8-13,15H2. The van der Waals surface area contributed by atoms with Gasteiger partial charge >= 0.3 is 0 Å². The Bertz CT molecular complexity index is 973. The average Bonchev–Trinajstić information content (AvgIpc) is 3.55. The molecule has 30 heavy (non-hydrogen) atoms. The summed E-state index contributed by atoms with van der Waals surface area (Å²) in [7, 11) is 0. The van der Waals surface area contributed by atoms with Gasteiger partial charge in [-0.05, 0) is 29.9 Å². The molecule has 4 heterocycles. The van der Waals surface area contributed by atoms with Crippen LogP contribution in [-0.4, -0.2) is 53.2 Å². The first-order chi connectivity index (χ1) is 14.8. The van der Waals surface area contributed by atoms with Crippen LogP contribution >= 0.6 is 11.3 Å². The summed E-state index contributed by atoms with van der Waals surface area (Å²) in [5.41, 5.74) is 2.62. The Balaban J connectivity index is 1.35.